The highest BCUT2D eigenvalue weighted by Gasteiger charge is 2.37. The maximum Gasteiger partial charge on any atom is 0.293 e. The van der Waals surface area contributed by atoms with Crippen LogP contribution in [0.15, 0.2) is 53.4 Å². The van der Waals surface area contributed by atoms with Crippen molar-refractivity contribution in [3.63, 3.8) is 0 Å². The van der Waals surface area contributed by atoms with E-state index >= 15 is 0 Å². The summed E-state index contributed by atoms with van der Waals surface area (Å²) in [5, 5.41) is 10.6. The molecule has 0 aliphatic carbocycles. The summed E-state index contributed by atoms with van der Waals surface area (Å²) in [6.07, 6.45) is 2.34. The average molecular weight is 412 g/mol. The van der Waals surface area contributed by atoms with Crippen LogP contribution in [-0.4, -0.2) is 27.0 Å². The lowest BCUT2D eigenvalue weighted by Crippen LogP contribution is -2.36. The molecule has 0 bridgehead atoms. The predicted octanol–water partition coefficient (Wildman–Crippen LogP) is 5.01. The third-order valence-electron chi connectivity index (χ3n) is 4.58. The minimum absolute atomic E-state index is 0.00176. The monoisotopic (exact) mass is 412 g/mol. The summed E-state index contributed by atoms with van der Waals surface area (Å²) in [4.78, 5) is 36.9. The van der Waals surface area contributed by atoms with Gasteiger partial charge in [-0.15, -0.1) is 0 Å². The second-order valence-electron chi connectivity index (χ2n) is 6.56. The summed E-state index contributed by atoms with van der Waals surface area (Å²) in [5.74, 6) is 0.220. The minimum atomic E-state index is -0.454. The lowest BCUT2D eigenvalue weighted by Gasteiger charge is -2.19. The van der Waals surface area contributed by atoms with Crippen LogP contribution in [0.2, 0.25) is 0 Å². The number of hydrogen-bond acceptors (Lipinski definition) is 6. The van der Waals surface area contributed by atoms with Crippen molar-refractivity contribution in [2.75, 3.05) is 0 Å². The van der Waals surface area contributed by atoms with E-state index < -0.39 is 4.92 Å². The van der Waals surface area contributed by atoms with E-state index in [0.717, 1.165) is 11.8 Å². The Labute approximate surface area is 172 Å². The normalized spacial score (nSPS) is 16.3. The zero-order chi connectivity index (χ0) is 21.0. The fourth-order valence-corrected chi connectivity index (χ4v) is 3.76. The zero-order valence-corrected chi connectivity index (χ0v) is 16.8. The molecule has 0 spiro atoms. The summed E-state index contributed by atoms with van der Waals surface area (Å²) in [7, 11) is 0. The number of imide groups is 1. The van der Waals surface area contributed by atoms with Gasteiger partial charge in [0.25, 0.3) is 16.8 Å². The van der Waals surface area contributed by atoms with E-state index in [0.29, 0.717) is 28.2 Å². The van der Waals surface area contributed by atoms with Crippen molar-refractivity contribution >= 4 is 34.7 Å². The van der Waals surface area contributed by atoms with Crippen LogP contribution in [0.4, 0.5) is 10.5 Å². The molecule has 7 nitrogen and oxygen atoms in total. The van der Waals surface area contributed by atoms with E-state index in [9.17, 15) is 19.7 Å². The van der Waals surface area contributed by atoms with E-state index in [-0.39, 0.29) is 29.5 Å². The number of para-hydroxylation sites is 1. The van der Waals surface area contributed by atoms with E-state index in [2.05, 4.69) is 0 Å². The number of non-ortho nitro benzene ring substituents is 1. The number of carbonyl (C=O) groups is 2. The Morgan fingerprint density at radius 1 is 1.21 bits per heavy atom. The van der Waals surface area contributed by atoms with E-state index in [4.69, 9.17) is 4.74 Å². The Hall–Kier alpha value is -3.13. The molecule has 2 aromatic rings. The van der Waals surface area contributed by atoms with E-state index in [1.54, 1.807) is 36.4 Å². The summed E-state index contributed by atoms with van der Waals surface area (Å²) in [5.41, 5.74) is 1.32. The summed E-state index contributed by atoms with van der Waals surface area (Å²) < 4.78 is 5.84. The Morgan fingerprint density at radius 3 is 2.69 bits per heavy atom. The molecule has 2 aromatic carbocycles. The van der Waals surface area contributed by atoms with Crippen molar-refractivity contribution in [1.82, 2.24) is 4.90 Å². The number of nitro groups is 1. The Balaban J connectivity index is 1.80. The molecule has 1 saturated heterocycles. The number of nitrogens with zero attached hydrogens (tertiary/aromatic N) is 2. The van der Waals surface area contributed by atoms with Crippen molar-refractivity contribution in [3.8, 4) is 5.75 Å². The highest BCUT2D eigenvalue weighted by Crippen LogP contribution is 2.35. The molecule has 2 amide bonds. The minimum Gasteiger partial charge on any atom is -0.488 e. The highest BCUT2D eigenvalue weighted by molar-refractivity contribution is 8.18. The maximum atomic E-state index is 12.6. The molecular formula is C21H20N2O5S. The predicted molar refractivity (Wildman–Crippen MR) is 111 cm³/mol. The number of carbonyl (C=O) groups excluding carboxylic acids is 2. The van der Waals surface area contributed by atoms with Crippen molar-refractivity contribution in [1.29, 1.82) is 0 Å². The molecule has 1 fully saturated rings. The number of nitro benzene ring substituents is 1. The molecule has 1 atom stereocenters. The van der Waals surface area contributed by atoms with Crippen molar-refractivity contribution in [2.45, 2.75) is 32.9 Å². The number of rotatable bonds is 7. The van der Waals surface area contributed by atoms with Crippen LogP contribution in [0.3, 0.4) is 0 Å². The largest absolute Gasteiger partial charge is 0.488 e. The fourth-order valence-electron chi connectivity index (χ4n) is 2.84. The van der Waals surface area contributed by atoms with Crippen LogP contribution < -0.4 is 4.74 Å². The molecule has 0 N–H and O–H groups in total. The third-order valence-corrected chi connectivity index (χ3v) is 5.46. The van der Waals surface area contributed by atoms with Crippen molar-refractivity contribution in [3.05, 3.63) is 74.7 Å². The first kappa shape index (κ1) is 20.6. The van der Waals surface area contributed by atoms with Crippen LogP contribution in [0.25, 0.3) is 6.08 Å². The first-order valence-electron chi connectivity index (χ1n) is 9.13. The number of benzene rings is 2. The molecule has 150 valence electrons. The topological polar surface area (TPSA) is 89.8 Å². The summed E-state index contributed by atoms with van der Waals surface area (Å²) in [6, 6.07) is 13.2. The molecule has 0 saturated carbocycles. The van der Waals surface area contributed by atoms with Crippen LogP contribution in [-0.2, 0) is 11.4 Å². The van der Waals surface area contributed by atoms with Crippen molar-refractivity contribution in [2.24, 2.45) is 0 Å². The van der Waals surface area contributed by atoms with Gasteiger partial charge in [-0.05, 0) is 42.8 Å². The Kier molecular flexibility index (Phi) is 6.33. The third kappa shape index (κ3) is 4.65. The van der Waals surface area contributed by atoms with Crippen LogP contribution in [0, 0.1) is 10.1 Å². The average Bonchev–Trinajstić information content (AvgIpc) is 3.00. The fraction of sp³-hybridized carbons (Fsp3) is 0.238. The van der Waals surface area contributed by atoms with E-state index in [1.807, 2.05) is 19.9 Å². The quantitative estimate of drug-likeness (QED) is 0.361. The number of thioether (sulfide) groups is 1. The van der Waals surface area contributed by atoms with Gasteiger partial charge < -0.3 is 4.74 Å². The lowest BCUT2D eigenvalue weighted by atomic mass is 10.1. The highest BCUT2D eigenvalue weighted by atomic mass is 32.2. The van der Waals surface area contributed by atoms with Crippen molar-refractivity contribution < 1.29 is 19.2 Å². The Morgan fingerprint density at radius 2 is 1.97 bits per heavy atom. The second-order valence-corrected chi connectivity index (χ2v) is 7.56. The summed E-state index contributed by atoms with van der Waals surface area (Å²) in [6.45, 7) is 3.91. The standard InChI is InChI=1S/C21H20N2O5S/c1-3-14(2)22-20(24)19(29-21(22)25)12-16-8-4-5-10-18(16)28-13-15-7-6-9-17(11-15)23(26)27/h4-12,14H,3,13H2,1-2H3/b19-12+/t14-/m1/s1. The molecule has 8 heteroatoms. The van der Waals surface area contributed by atoms with Gasteiger partial charge in [-0.25, -0.2) is 0 Å². The SMILES string of the molecule is CC[C@@H](C)N1C(=O)S/C(=C/c2ccccc2OCc2cccc([N+](=O)[O-])c2)C1=O. The number of hydrogen-bond donors (Lipinski definition) is 0. The lowest BCUT2D eigenvalue weighted by molar-refractivity contribution is -0.384. The van der Waals surface area contributed by atoms with Crippen LogP contribution in [0.5, 0.6) is 5.75 Å². The molecule has 1 aliphatic rings. The molecule has 0 aromatic heterocycles. The van der Waals surface area contributed by atoms with Gasteiger partial charge in [0.15, 0.2) is 0 Å². The first-order chi connectivity index (χ1) is 13.9. The van der Waals surface area contributed by atoms with Gasteiger partial charge in [-0.1, -0.05) is 37.3 Å². The van der Waals surface area contributed by atoms with Gasteiger partial charge in [0.2, 0.25) is 0 Å². The number of ether oxygens (including phenoxy) is 1. The molecule has 1 heterocycles. The number of amides is 2. The molecule has 1 aliphatic heterocycles. The van der Waals surface area contributed by atoms with Gasteiger partial charge in [0.1, 0.15) is 12.4 Å². The zero-order valence-electron chi connectivity index (χ0n) is 16.0. The van der Waals surface area contributed by atoms with Gasteiger partial charge in [0.05, 0.1) is 9.83 Å². The van der Waals surface area contributed by atoms with Crippen LogP contribution >= 0.6 is 11.8 Å². The molecule has 3 rings (SSSR count). The van der Waals surface area contributed by atoms with Gasteiger partial charge in [0, 0.05) is 23.7 Å². The molecule has 29 heavy (non-hydrogen) atoms. The molecule has 0 radical (unpaired) electrons. The second kappa shape index (κ2) is 8.91. The molecule has 0 unspecified atom stereocenters. The smallest absolute Gasteiger partial charge is 0.293 e. The maximum absolute atomic E-state index is 12.6. The van der Waals surface area contributed by atoms with Gasteiger partial charge >= 0.3 is 0 Å². The first-order valence-corrected chi connectivity index (χ1v) is 9.94. The van der Waals surface area contributed by atoms with Gasteiger partial charge in [-0.3, -0.25) is 24.6 Å². The van der Waals surface area contributed by atoms with Crippen LogP contribution in [0.1, 0.15) is 31.4 Å². The van der Waals surface area contributed by atoms with E-state index in [1.165, 1.54) is 17.0 Å². The molecular weight excluding hydrogens is 392 g/mol. The van der Waals surface area contributed by atoms with Gasteiger partial charge in [-0.2, -0.15) is 0 Å². The summed E-state index contributed by atoms with van der Waals surface area (Å²) >= 11 is 0.917. The Bertz CT molecular complexity index is 989.